The Labute approximate surface area is 210 Å². The van der Waals surface area contributed by atoms with Crippen molar-refractivity contribution in [2.75, 3.05) is 50.6 Å². The van der Waals surface area contributed by atoms with E-state index >= 15 is 0 Å². The molecule has 35 heavy (non-hydrogen) atoms. The molecule has 0 unspecified atom stereocenters. The highest BCUT2D eigenvalue weighted by molar-refractivity contribution is 7.81. The lowest BCUT2D eigenvalue weighted by atomic mass is 10.1. The molecule has 10 heteroatoms. The van der Waals surface area contributed by atoms with Crippen LogP contribution >= 0.6 is 12.8 Å². The predicted octanol–water partition coefficient (Wildman–Crippen LogP) is 4.55. The smallest absolute Gasteiger partial charge is 0.314 e. The fourth-order valence-corrected chi connectivity index (χ4v) is 3.95. The number of para-hydroxylation sites is 1. The van der Waals surface area contributed by atoms with Gasteiger partial charge in [-0.1, -0.05) is 43.1 Å². The summed E-state index contributed by atoms with van der Waals surface area (Å²) >= 11 is 3.86. The summed E-state index contributed by atoms with van der Waals surface area (Å²) in [6.07, 6.45) is 0.147. The Morgan fingerprint density at radius 3 is 2.06 bits per heavy atom. The normalized spacial score (nSPS) is 14.5. The molecule has 0 atom stereocenters. The van der Waals surface area contributed by atoms with Crippen LogP contribution in [0.15, 0.2) is 59.0 Å². The highest BCUT2D eigenvalue weighted by atomic mass is 32.1. The van der Waals surface area contributed by atoms with Crippen molar-refractivity contribution in [2.24, 2.45) is 0 Å². The van der Waals surface area contributed by atoms with Gasteiger partial charge in [0.25, 0.3) is 5.89 Å². The average Bonchev–Trinajstić information content (AvgIpc) is 3.40. The summed E-state index contributed by atoms with van der Waals surface area (Å²) in [6.45, 7) is 6.60. The summed E-state index contributed by atoms with van der Waals surface area (Å²) < 4.78 is 32.7. The van der Waals surface area contributed by atoms with Crippen LogP contribution in [0.25, 0.3) is 11.5 Å². The second kappa shape index (κ2) is 14.8. The highest BCUT2D eigenvalue weighted by Gasteiger charge is 2.17. The van der Waals surface area contributed by atoms with Gasteiger partial charge in [-0.3, -0.25) is 0 Å². The number of rotatable bonds is 10. The largest absolute Gasteiger partial charge is 0.415 e. The first kappa shape index (κ1) is 27.1. The molecule has 0 saturated carbocycles. The monoisotopic (exact) mass is 505 g/mol. The van der Waals surface area contributed by atoms with E-state index in [1.807, 2.05) is 54.6 Å². The quantitative estimate of drug-likeness (QED) is 0.349. The van der Waals surface area contributed by atoms with Gasteiger partial charge >= 0.3 is 6.43 Å². The van der Waals surface area contributed by atoms with E-state index in [0.29, 0.717) is 5.56 Å². The van der Waals surface area contributed by atoms with E-state index in [-0.39, 0.29) is 12.5 Å². The first-order chi connectivity index (χ1) is 17.1. The Morgan fingerprint density at radius 2 is 1.54 bits per heavy atom. The molecule has 0 spiro atoms. The Kier molecular flexibility index (Phi) is 11.4. The minimum absolute atomic E-state index is 0.121. The summed E-state index contributed by atoms with van der Waals surface area (Å²) in [5.74, 6) is -0.526. The van der Waals surface area contributed by atoms with Gasteiger partial charge in [0.15, 0.2) is 0 Å². The Bertz CT molecular complexity index is 968. The van der Waals surface area contributed by atoms with E-state index in [1.165, 1.54) is 5.56 Å². The van der Waals surface area contributed by atoms with Crippen LogP contribution in [0.3, 0.4) is 0 Å². The van der Waals surface area contributed by atoms with Crippen molar-refractivity contribution in [2.45, 2.75) is 25.7 Å². The van der Waals surface area contributed by atoms with Gasteiger partial charge in [0.2, 0.25) is 5.89 Å². The van der Waals surface area contributed by atoms with Gasteiger partial charge in [0.1, 0.15) is 0 Å². The summed E-state index contributed by atoms with van der Waals surface area (Å²) in [5.41, 5.74) is 2.88. The lowest BCUT2D eigenvalue weighted by Gasteiger charge is -2.34. The molecule has 1 fully saturated rings. The van der Waals surface area contributed by atoms with Crippen LogP contribution in [-0.2, 0) is 6.42 Å². The van der Waals surface area contributed by atoms with Gasteiger partial charge in [-0.05, 0) is 55.6 Å². The standard InChI is InChI=1S/C19H26F2N4O2.C6H7NS/c20-17(21)19-23-22-18(27-19)16-6-4-15(5-7-16)3-1-8-24-10-12-25(13-11-24)9-2-14-26;8-7-6-4-2-1-3-5-6/h4-7,17,26H,1-3,8-14H2;1-5,7-8H. The Hall–Kier alpha value is -2.53. The van der Waals surface area contributed by atoms with E-state index in [9.17, 15) is 8.78 Å². The van der Waals surface area contributed by atoms with Gasteiger partial charge in [0, 0.05) is 50.6 Å². The highest BCUT2D eigenvalue weighted by Crippen LogP contribution is 2.23. The molecular formula is C25H33F2N5O2S. The molecule has 7 nitrogen and oxygen atoms in total. The first-order valence-electron chi connectivity index (χ1n) is 11.8. The first-order valence-corrected chi connectivity index (χ1v) is 12.3. The molecule has 0 radical (unpaired) electrons. The molecule has 2 aromatic carbocycles. The van der Waals surface area contributed by atoms with Gasteiger partial charge in [-0.2, -0.15) is 8.78 Å². The number of aliphatic hydroxyl groups is 1. The number of hydrogen-bond donors (Lipinski definition) is 3. The van der Waals surface area contributed by atoms with E-state index in [4.69, 9.17) is 9.52 Å². The molecule has 0 amide bonds. The fourth-order valence-electron chi connectivity index (χ4n) is 3.80. The Balaban J connectivity index is 0.000000363. The zero-order valence-corrected chi connectivity index (χ0v) is 20.6. The number of aromatic nitrogens is 2. The number of thiol groups is 1. The molecule has 2 N–H and O–H groups in total. The molecular weight excluding hydrogens is 472 g/mol. The van der Waals surface area contributed by atoms with Gasteiger partial charge < -0.3 is 24.0 Å². The number of aliphatic hydroxyl groups excluding tert-OH is 1. The second-order valence-corrected chi connectivity index (χ2v) is 8.51. The fraction of sp³-hybridized carbons (Fsp3) is 0.440. The molecule has 1 aliphatic rings. The van der Waals surface area contributed by atoms with Crippen molar-refractivity contribution in [1.29, 1.82) is 0 Å². The van der Waals surface area contributed by atoms with Gasteiger partial charge in [-0.15, -0.1) is 10.2 Å². The Morgan fingerprint density at radius 1 is 0.914 bits per heavy atom. The number of hydrogen-bond acceptors (Lipinski definition) is 8. The maximum Gasteiger partial charge on any atom is 0.314 e. The van der Waals surface area contributed by atoms with Crippen LogP contribution in [0.4, 0.5) is 14.5 Å². The number of nitrogens with one attached hydrogen (secondary N) is 1. The summed E-state index contributed by atoms with van der Waals surface area (Å²) in [7, 11) is 0. The third-order valence-corrected chi connectivity index (χ3v) is 6.03. The zero-order valence-electron chi connectivity index (χ0n) is 19.7. The van der Waals surface area contributed by atoms with Crippen LogP contribution in [0, 0.1) is 0 Å². The van der Waals surface area contributed by atoms with E-state index in [0.717, 1.165) is 64.2 Å². The lowest BCUT2D eigenvalue weighted by Crippen LogP contribution is -2.46. The number of aryl methyl sites for hydroxylation is 1. The molecule has 2 heterocycles. The lowest BCUT2D eigenvalue weighted by molar-refractivity contribution is 0.116. The average molecular weight is 506 g/mol. The summed E-state index contributed by atoms with van der Waals surface area (Å²) in [5, 5.41) is 15.9. The van der Waals surface area contributed by atoms with Crippen LogP contribution < -0.4 is 4.72 Å². The van der Waals surface area contributed by atoms with Crippen molar-refractivity contribution in [1.82, 2.24) is 20.0 Å². The zero-order chi connectivity index (χ0) is 24.9. The number of halogens is 2. The van der Waals surface area contributed by atoms with E-state index < -0.39 is 12.3 Å². The molecule has 3 aromatic rings. The SMILES string of the molecule is OCCCN1CCN(CCCc2ccc(-c3nnc(C(F)F)o3)cc2)CC1.SNc1ccccc1. The number of alkyl halides is 2. The van der Waals surface area contributed by atoms with Crippen LogP contribution in [0.1, 0.15) is 30.7 Å². The second-order valence-electron chi connectivity index (χ2n) is 8.28. The van der Waals surface area contributed by atoms with E-state index in [2.05, 4.69) is 37.5 Å². The molecule has 0 bridgehead atoms. The predicted molar refractivity (Wildman–Crippen MR) is 137 cm³/mol. The maximum absolute atomic E-state index is 12.5. The minimum atomic E-state index is -2.75. The van der Waals surface area contributed by atoms with Crippen molar-refractivity contribution in [3.05, 3.63) is 66.1 Å². The molecule has 190 valence electrons. The molecule has 0 aliphatic carbocycles. The molecule has 1 aromatic heterocycles. The van der Waals surface area contributed by atoms with Crippen molar-refractivity contribution >= 4 is 18.5 Å². The number of nitrogens with zero attached hydrogens (tertiary/aromatic N) is 4. The minimum Gasteiger partial charge on any atom is -0.415 e. The van der Waals surface area contributed by atoms with Gasteiger partial charge in [-0.25, -0.2) is 0 Å². The summed E-state index contributed by atoms with van der Waals surface area (Å²) in [4.78, 5) is 4.89. The number of anilines is 1. The van der Waals surface area contributed by atoms with Gasteiger partial charge in [0.05, 0.1) is 0 Å². The number of piperazine rings is 1. The summed E-state index contributed by atoms with van der Waals surface area (Å²) in [6, 6.07) is 17.4. The van der Waals surface area contributed by atoms with Crippen molar-refractivity contribution < 1.29 is 18.3 Å². The topological polar surface area (TPSA) is 77.7 Å². The molecule has 1 saturated heterocycles. The molecule has 1 aliphatic heterocycles. The van der Waals surface area contributed by atoms with Crippen LogP contribution in [-0.4, -0.2) is 71.0 Å². The molecule has 4 rings (SSSR count). The van der Waals surface area contributed by atoms with E-state index in [1.54, 1.807) is 0 Å². The van der Waals surface area contributed by atoms with Crippen LogP contribution in [0.2, 0.25) is 0 Å². The third kappa shape index (κ3) is 9.21. The van der Waals surface area contributed by atoms with Crippen LogP contribution in [0.5, 0.6) is 0 Å². The van der Waals surface area contributed by atoms with Crippen molar-refractivity contribution in [3.8, 4) is 11.5 Å². The number of benzene rings is 2. The third-order valence-electron chi connectivity index (χ3n) is 5.77. The van der Waals surface area contributed by atoms with Crippen molar-refractivity contribution in [3.63, 3.8) is 0 Å². The maximum atomic E-state index is 12.5.